The minimum absolute atomic E-state index is 0.0289. The van der Waals surface area contributed by atoms with Crippen molar-refractivity contribution in [2.45, 2.75) is 31.7 Å². The summed E-state index contributed by atoms with van der Waals surface area (Å²) in [6, 6.07) is 17.0. The molecule has 1 unspecified atom stereocenters. The Kier molecular flexibility index (Phi) is 3.89. The number of benzene rings is 2. The fourth-order valence-electron chi connectivity index (χ4n) is 4.12. The Bertz CT molecular complexity index is 770. The maximum atomic E-state index is 13.1. The molecule has 1 amide bonds. The van der Waals surface area contributed by atoms with Gasteiger partial charge in [0.25, 0.3) is 0 Å². The van der Waals surface area contributed by atoms with Gasteiger partial charge in [-0.3, -0.25) is 4.79 Å². The lowest BCUT2D eigenvalue weighted by atomic mass is 9.92. The Morgan fingerprint density at radius 3 is 2.83 bits per heavy atom. The van der Waals surface area contributed by atoms with Crippen molar-refractivity contribution in [3.05, 3.63) is 70.8 Å². The van der Waals surface area contributed by atoms with Gasteiger partial charge in [0.2, 0.25) is 5.91 Å². The van der Waals surface area contributed by atoms with E-state index in [1.54, 1.807) is 0 Å². The molecule has 3 atom stereocenters. The molecular formula is C21H24N2O. The van der Waals surface area contributed by atoms with Crippen LogP contribution in [0.15, 0.2) is 48.5 Å². The van der Waals surface area contributed by atoms with Crippen LogP contribution in [0, 0.1) is 12.8 Å². The van der Waals surface area contributed by atoms with Gasteiger partial charge in [0.15, 0.2) is 0 Å². The zero-order valence-corrected chi connectivity index (χ0v) is 14.1. The Morgan fingerprint density at radius 2 is 2.04 bits per heavy atom. The van der Waals surface area contributed by atoms with Gasteiger partial charge in [-0.05, 0) is 42.4 Å². The van der Waals surface area contributed by atoms with E-state index in [4.69, 9.17) is 5.73 Å². The summed E-state index contributed by atoms with van der Waals surface area (Å²) in [7, 11) is 0. The summed E-state index contributed by atoms with van der Waals surface area (Å²) in [5.41, 5.74) is 11.2. The molecule has 0 radical (unpaired) electrons. The fraction of sp³-hybridized carbons (Fsp3) is 0.381. The Hall–Kier alpha value is -2.13. The van der Waals surface area contributed by atoms with Crippen molar-refractivity contribution in [1.29, 1.82) is 0 Å². The normalized spacial score (nSPS) is 25.2. The Balaban J connectivity index is 1.53. The SMILES string of the molecule is Cc1cccc([C@@H]2C[C@H]2C(=O)N2CCc3ccccc3C2CN)c1. The van der Waals surface area contributed by atoms with Gasteiger partial charge < -0.3 is 10.6 Å². The number of nitrogens with two attached hydrogens (primary N) is 1. The molecule has 24 heavy (non-hydrogen) atoms. The summed E-state index contributed by atoms with van der Waals surface area (Å²) in [6.07, 6.45) is 1.90. The molecule has 2 aromatic rings. The predicted octanol–water partition coefficient (Wildman–Crippen LogP) is 3.18. The van der Waals surface area contributed by atoms with Gasteiger partial charge in [-0.25, -0.2) is 0 Å². The molecule has 1 aliphatic heterocycles. The average Bonchev–Trinajstić information content (AvgIpc) is 3.41. The number of rotatable bonds is 3. The van der Waals surface area contributed by atoms with Gasteiger partial charge in [0.1, 0.15) is 0 Å². The molecule has 1 heterocycles. The number of amides is 1. The van der Waals surface area contributed by atoms with Crippen LogP contribution in [0.25, 0.3) is 0 Å². The molecule has 2 N–H and O–H groups in total. The molecule has 3 heteroatoms. The first kappa shape index (κ1) is 15.4. The molecule has 0 spiro atoms. The summed E-state index contributed by atoms with van der Waals surface area (Å²) in [4.78, 5) is 15.1. The highest BCUT2D eigenvalue weighted by atomic mass is 16.2. The lowest BCUT2D eigenvalue weighted by molar-refractivity contribution is -0.135. The first-order valence-corrected chi connectivity index (χ1v) is 8.84. The van der Waals surface area contributed by atoms with Gasteiger partial charge in [-0.1, -0.05) is 54.1 Å². The molecular weight excluding hydrogens is 296 g/mol. The first-order valence-electron chi connectivity index (χ1n) is 8.84. The second-order valence-electron chi connectivity index (χ2n) is 7.09. The molecule has 3 nitrogen and oxygen atoms in total. The molecule has 1 fully saturated rings. The maximum absolute atomic E-state index is 13.1. The highest BCUT2D eigenvalue weighted by Gasteiger charge is 2.47. The summed E-state index contributed by atoms with van der Waals surface area (Å²) in [5.74, 6) is 0.797. The standard InChI is InChI=1S/C21H24N2O/c1-14-5-4-7-16(11-14)18-12-19(18)21(24)23-10-9-15-6-2-3-8-17(15)20(23)13-22/h2-8,11,18-20H,9-10,12-13,22H2,1H3/t18-,19+,20?/m0/s1. The summed E-state index contributed by atoms with van der Waals surface area (Å²) in [6.45, 7) is 3.38. The lowest BCUT2D eigenvalue weighted by Gasteiger charge is -2.37. The maximum Gasteiger partial charge on any atom is 0.226 e. The van der Waals surface area contributed by atoms with E-state index in [1.807, 2.05) is 11.0 Å². The molecule has 0 aromatic heterocycles. The number of carbonyl (C=O) groups is 1. The van der Waals surface area contributed by atoms with E-state index in [1.165, 1.54) is 22.3 Å². The minimum Gasteiger partial charge on any atom is -0.334 e. The lowest BCUT2D eigenvalue weighted by Crippen LogP contribution is -2.44. The highest BCUT2D eigenvalue weighted by molar-refractivity contribution is 5.84. The monoisotopic (exact) mass is 320 g/mol. The summed E-state index contributed by atoms with van der Waals surface area (Å²) >= 11 is 0. The number of carbonyl (C=O) groups excluding carboxylic acids is 1. The van der Waals surface area contributed by atoms with Crippen molar-refractivity contribution in [2.75, 3.05) is 13.1 Å². The third-order valence-corrected chi connectivity index (χ3v) is 5.50. The van der Waals surface area contributed by atoms with E-state index in [2.05, 4.69) is 49.4 Å². The molecule has 0 bridgehead atoms. The van der Waals surface area contributed by atoms with Gasteiger partial charge in [0, 0.05) is 19.0 Å². The quantitative estimate of drug-likeness (QED) is 0.944. The van der Waals surface area contributed by atoms with Crippen molar-refractivity contribution in [2.24, 2.45) is 11.7 Å². The van der Waals surface area contributed by atoms with Crippen molar-refractivity contribution in [1.82, 2.24) is 4.90 Å². The van der Waals surface area contributed by atoms with Crippen LogP contribution < -0.4 is 5.73 Å². The van der Waals surface area contributed by atoms with Gasteiger partial charge in [0.05, 0.1) is 6.04 Å². The molecule has 1 aliphatic carbocycles. The van der Waals surface area contributed by atoms with E-state index in [9.17, 15) is 4.79 Å². The van der Waals surface area contributed by atoms with Crippen LogP contribution in [0.2, 0.25) is 0 Å². The van der Waals surface area contributed by atoms with Crippen LogP contribution in [-0.4, -0.2) is 23.9 Å². The molecule has 2 aromatic carbocycles. The van der Waals surface area contributed by atoms with Crippen LogP contribution in [0.5, 0.6) is 0 Å². The number of aryl methyl sites for hydroxylation is 1. The molecule has 4 rings (SSSR count). The van der Waals surface area contributed by atoms with Crippen LogP contribution in [-0.2, 0) is 11.2 Å². The Morgan fingerprint density at radius 1 is 1.21 bits per heavy atom. The second kappa shape index (κ2) is 6.06. The number of fused-ring (bicyclic) bond motifs is 1. The number of hydrogen-bond acceptors (Lipinski definition) is 2. The first-order chi connectivity index (χ1) is 11.7. The van der Waals surface area contributed by atoms with E-state index in [0.717, 1.165) is 19.4 Å². The van der Waals surface area contributed by atoms with Crippen molar-refractivity contribution in [3.63, 3.8) is 0 Å². The van der Waals surface area contributed by atoms with Gasteiger partial charge >= 0.3 is 0 Å². The molecule has 124 valence electrons. The number of hydrogen-bond donors (Lipinski definition) is 1. The third kappa shape index (κ3) is 2.63. The summed E-state index contributed by atoms with van der Waals surface area (Å²) < 4.78 is 0. The zero-order chi connectivity index (χ0) is 16.7. The van der Waals surface area contributed by atoms with Crippen LogP contribution in [0.3, 0.4) is 0 Å². The van der Waals surface area contributed by atoms with Gasteiger partial charge in [-0.15, -0.1) is 0 Å². The predicted molar refractivity (Wildman–Crippen MR) is 95.7 cm³/mol. The van der Waals surface area contributed by atoms with Crippen molar-refractivity contribution in [3.8, 4) is 0 Å². The largest absolute Gasteiger partial charge is 0.334 e. The van der Waals surface area contributed by atoms with E-state index in [0.29, 0.717) is 12.5 Å². The summed E-state index contributed by atoms with van der Waals surface area (Å²) in [5, 5.41) is 0. The average molecular weight is 320 g/mol. The van der Waals surface area contributed by atoms with E-state index >= 15 is 0 Å². The Labute approximate surface area is 143 Å². The van der Waals surface area contributed by atoms with Crippen LogP contribution in [0.1, 0.15) is 40.6 Å². The van der Waals surface area contributed by atoms with E-state index in [-0.39, 0.29) is 17.9 Å². The van der Waals surface area contributed by atoms with Gasteiger partial charge in [-0.2, -0.15) is 0 Å². The van der Waals surface area contributed by atoms with Crippen molar-refractivity contribution >= 4 is 5.91 Å². The highest BCUT2D eigenvalue weighted by Crippen LogP contribution is 2.49. The second-order valence-corrected chi connectivity index (χ2v) is 7.09. The van der Waals surface area contributed by atoms with E-state index < -0.39 is 0 Å². The van der Waals surface area contributed by atoms with Crippen LogP contribution in [0.4, 0.5) is 0 Å². The smallest absolute Gasteiger partial charge is 0.226 e. The third-order valence-electron chi connectivity index (χ3n) is 5.50. The molecule has 0 saturated heterocycles. The fourth-order valence-corrected chi connectivity index (χ4v) is 4.12. The van der Waals surface area contributed by atoms with Crippen molar-refractivity contribution < 1.29 is 4.79 Å². The molecule has 2 aliphatic rings. The van der Waals surface area contributed by atoms with Crippen LogP contribution >= 0.6 is 0 Å². The zero-order valence-electron chi connectivity index (χ0n) is 14.1. The molecule has 1 saturated carbocycles. The number of nitrogens with zero attached hydrogens (tertiary/aromatic N) is 1. The topological polar surface area (TPSA) is 46.3 Å². The minimum atomic E-state index is 0.0289.